The number of oxazole rings is 1. The van der Waals surface area contributed by atoms with Gasteiger partial charge in [0.15, 0.2) is 5.58 Å². The van der Waals surface area contributed by atoms with Crippen LogP contribution in [0.25, 0.3) is 11.1 Å². The van der Waals surface area contributed by atoms with Gasteiger partial charge in [-0.1, -0.05) is 30.8 Å². The third-order valence-corrected chi connectivity index (χ3v) is 4.62. The molecule has 0 saturated carbocycles. The molecule has 2 heterocycles. The van der Waals surface area contributed by atoms with E-state index in [9.17, 15) is 9.59 Å². The van der Waals surface area contributed by atoms with E-state index in [0.717, 1.165) is 5.52 Å². The summed E-state index contributed by atoms with van der Waals surface area (Å²) in [6.45, 7) is 3.93. The molecule has 8 heteroatoms. The van der Waals surface area contributed by atoms with Crippen LogP contribution >= 0.6 is 11.8 Å². The van der Waals surface area contributed by atoms with E-state index in [2.05, 4.69) is 15.6 Å². The fraction of sp³-hybridized carbons (Fsp3) is 0.353. The Morgan fingerprint density at radius 2 is 2.16 bits per heavy atom. The minimum absolute atomic E-state index is 0.276. The minimum Gasteiger partial charge on any atom is -0.463 e. The molecule has 2 aromatic rings. The van der Waals surface area contributed by atoms with Gasteiger partial charge in [-0.15, -0.1) is 0 Å². The monoisotopic (exact) mass is 361 g/mol. The second kappa shape index (κ2) is 7.60. The Kier molecular flexibility index (Phi) is 5.28. The first-order chi connectivity index (χ1) is 12.1. The summed E-state index contributed by atoms with van der Waals surface area (Å²) < 4.78 is 10.8. The van der Waals surface area contributed by atoms with Crippen molar-refractivity contribution < 1.29 is 18.7 Å². The number of carbonyl (C=O) groups excluding carboxylic acids is 2. The van der Waals surface area contributed by atoms with Crippen LogP contribution in [-0.4, -0.2) is 35.4 Å². The predicted octanol–water partition coefficient (Wildman–Crippen LogP) is 2.83. The standard InChI is InChI=1S/C17H19N3O4S/c1-3-10-14(15(21)23-4-2)12(19-16(22)18-10)9-25-17-20-11-7-5-6-8-13(11)24-17/h5-8,10H,3-4,9H2,1-2H3,(H2,18,19,22)/t10-/m1/s1. The van der Waals surface area contributed by atoms with Crippen LogP contribution in [0.2, 0.25) is 0 Å². The van der Waals surface area contributed by atoms with Gasteiger partial charge in [-0.2, -0.15) is 0 Å². The summed E-state index contributed by atoms with van der Waals surface area (Å²) in [5.41, 5.74) is 2.45. The summed E-state index contributed by atoms with van der Waals surface area (Å²) in [6.07, 6.45) is 0.596. The number of ether oxygens (including phenoxy) is 1. The molecular formula is C17H19N3O4S. The average molecular weight is 361 g/mol. The number of amides is 2. The van der Waals surface area contributed by atoms with E-state index in [0.29, 0.717) is 34.2 Å². The Bertz CT molecular complexity index is 797. The molecular weight excluding hydrogens is 342 g/mol. The van der Waals surface area contributed by atoms with Crippen LogP contribution in [0, 0.1) is 0 Å². The maximum absolute atomic E-state index is 12.3. The maximum Gasteiger partial charge on any atom is 0.337 e. The number of para-hydroxylation sites is 2. The first-order valence-electron chi connectivity index (χ1n) is 8.08. The van der Waals surface area contributed by atoms with Gasteiger partial charge in [-0.3, -0.25) is 0 Å². The van der Waals surface area contributed by atoms with E-state index in [1.807, 2.05) is 31.2 Å². The molecule has 0 fully saturated rings. The Hall–Kier alpha value is -2.48. The highest BCUT2D eigenvalue weighted by Crippen LogP contribution is 2.27. The van der Waals surface area contributed by atoms with Gasteiger partial charge in [-0.05, 0) is 25.5 Å². The lowest BCUT2D eigenvalue weighted by atomic mass is 10.0. The molecule has 25 heavy (non-hydrogen) atoms. The van der Waals surface area contributed by atoms with Gasteiger partial charge in [0, 0.05) is 11.4 Å². The van der Waals surface area contributed by atoms with Crippen molar-refractivity contribution in [3.8, 4) is 0 Å². The first-order valence-corrected chi connectivity index (χ1v) is 9.07. The number of nitrogens with zero attached hydrogens (tertiary/aromatic N) is 1. The van der Waals surface area contributed by atoms with Crippen LogP contribution in [0.5, 0.6) is 0 Å². The number of hydrogen-bond donors (Lipinski definition) is 2. The number of benzene rings is 1. The number of nitrogens with one attached hydrogen (secondary N) is 2. The second-order valence-corrected chi connectivity index (χ2v) is 6.33. The van der Waals surface area contributed by atoms with Gasteiger partial charge in [0.25, 0.3) is 5.22 Å². The lowest BCUT2D eigenvalue weighted by Crippen LogP contribution is -2.50. The zero-order chi connectivity index (χ0) is 17.8. The van der Waals surface area contributed by atoms with Crippen molar-refractivity contribution in [3.05, 3.63) is 35.5 Å². The van der Waals surface area contributed by atoms with Crippen LogP contribution in [0.4, 0.5) is 4.79 Å². The van der Waals surface area contributed by atoms with Crippen molar-refractivity contribution in [2.75, 3.05) is 12.4 Å². The van der Waals surface area contributed by atoms with Gasteiger partial charge < -0.3 is 19.8 Å². The fourth-order valence-corrected chi connectivity index (χ4v) is 3.43. The largest absolute Gasteiger partial charge is 0.463 e. The van der Waals surface area contributed by atoms with E-state index in [4.69, 9.17) is 9.15 Å². The minimum atomic E-state index is -0.421. The van der Waals surface area contributed by atoms with Crippen LogP contribution in [0.15, 0.2) is 45.2 Å². The molecule has 1 aliphatic rings. The number of fused-ring (bicyclic) bond motifs is 1. The van der Waals surface area contributed by atoms with E-state index >= 15 is 0 Å². The van der Waals surface area contributed by atoms with Gasteiger partial charge in [0.2, 0.25) is 0 Å². The van der Waals surface area contributed by atoms with Gasteiger partial charge in [0.05, 0.1) is 18.2 Å². The van der Waals surface area contributed by atoms with Crippen LogP contribution in [0.3, 0.4) is 0 Å². The SMILES string of the molecule is CCOC(=O)C1=C(CSc2nc3ccccc3o2)NC(=O)N[C@@H]1CC. The Labute approximate surface area is 149 Å². The van der Waals surface area contributed by atoms with E-state index < -0.39 is 5.97 Å². The lowest BCUT2D eigenvalue weighted by molar-refractivity contribution is -0.139. The number of esters is 1. The molecule has 1 aliphatic heterocycles. The number of urea groups is 1. The molecule has 7 nitrogen and oxygen atoms in total. The molecule has 3 rings (SSSR count). The highest BCUT2D eigenvalue weighted by Gasteiger charge is 2.31. The number of thioether (sulfide) groups is 1. The van der Waals surface area contributed by atoms with Crippen LogP contribution in [0.1, 0.15) is 20.3 Å². The summed E-state index contributed by atoms with van der Waals surface area (Å²) in [6, 6.07) is 6.78. The second-order valence-electron chi connectivity index (χ2n) is 5.41. The van der Waals surface area contributed by atoms with E-state index in [1.54, 1.807) is 6.92 Å². The first kappa shape index (κ1) is 17.3. The molecule has 0 unspecified atom stereocenters. The number of rotatable bonds is 6. The van der Waals surface area contributed by atoms with E-state index in [-0.39, 0.29) is 18.7 Å². The highest BCUT2D eigenvalue weighted by atomic mass is 32.2. The molecule has 2 N–H and O–H groups in total. The molecule has 0 radical (unpaired) electrons. The van der Waals surface area contributed by atoms with Gasteiger partial charge in [-0.25, -0.2) is 14.6 Å². The molecule has 1 atom stereocenters. The van der Waals surface area contributed by atoms with E-state index in [1.165, 1.54) is 11.8 Å². The Morgan fingerprint density at radius 3 is 2.88 bits per heavy atom. The van der Waals surface area contributed by atoms with Crippen LogP contribution in [-0.2, 0) is 9.53 Å². The molecule has 0 bridgehead atoms. The zero-order valence-corrected chi connectivity index (χ0v) is 14.8. The van der Waals surface area contributed by atoms with Crippen molar-refractivity contribution in [2.24, 2.45) is 0 Å². The molecule has 0 spiro atoms. The number of hydrogen-bond acceptors (Lipinski definition) is 6. The molecule has 0 saturated heterocycles. The fourth-order valence-electron chi connectivity index (χ4n) is 2.62. The smallest absolute Gasteiger partial charge is 0.337 e. The van der Waals surface area contributed by atoms with Crippen LogP contribution < -0.4 is 10.6 Å². The Balaban J connectivity index is 1.84. The molecule has 1 aromatic heterocycles. The third-order valence-electron chi connectivity index (χ3n) is 3.76. The van der Waals surface area contributed by atoms with Gasteiger partial charge in [0.1, 0.15) is 5.52 Å². The molecule has 0 aliphatic carbocycles. The zero-order valence-electron chi connectivity index (χ0n) is 14.0. The van der Waals surface area contributed by atoms with Crippen molar-refractivity contribution >= 4 is 34.9 Å². The molecule has 132 valence electrons. The summed E-state index contributed by atoms with van der Waals surface area (Å²) in [4.78, 5) is 28.6. The topological polar surface area (TPSA) is 93.5 Å². The predicted molar refractivity (Wildman–Crippen MR) is 94.1 cm³/mol. The molecule has 1 aromatic carbocycles. The number of aromatic nitrogens is 1. The maximum atomic E-state index is 12.3. The Morgan fingerprint density at radius 1 is 1.36 bits per heavy atom. The third kappa shape index (κ3) is 3.79. The van der Waals surface area contributed by atoms with Crippen molar-refractivity contribution in [1.82, 2.24) is 15.6 Å². The summed E-state index contributed by atoms with van der Waals surface area (Å²) in [5, 5.41) is 5.94. The van der Waals surface area contributed by atoms with Crippen molar-refractivity contribution in [1.29, 1.82) is 0 Å². The highest BCUT2D eigenvalue weighted by molar-refractivity contribution is 7.99. The quantitative estimate of drug-likeness (QED) is 0.607. The average Bonchev–Trinajstić information content (AvgIpc) is 3.02. The van der Waals surface area contributed by atoms with Crippen molar-refractivity contribution in [2.45, 2.75) is 31.5 Å². The van der Waals surface area contributed by atoms with Gasteiger partial charge >= 0.3 is 12.0 Å². The van der Waals surface area contributed by atoms with Crippen molar-refractivity contribution in [3.63, 3.8) is 0 Å². The normalized spacial score (nSPS) is 17.4. The molecule has 2 amide bonds. The summed E-state index contributed by atoms with van der Waals surface area (Å²) in [7, 11) is 0. The lowest BCUT2D eigenvalue weighted by Gasteiger charge is -2.28. The number of carbonyl (C=O) groups is 2. The summed E-state index contributed by atoms with van der Waals surface area (Å²) >= 11 is 1.32. The summed E-state index contributed by atoms with van der Waals surface area (Å²) in [5.74, 6) is -0.0692.